The van der Waals surface area contributed by atoms with E-state index in [-0.39, 0.29) is 0 Å². The molecule has 2 aromatic carbocycles. The van der Waals surface area contributed by atoms with Crippen LogP contribution in [0, 0.1) is 6.92 Å². The monoisotopic (exact) mass is 362 g/mol. The second-order valence-corrected chi connectivity index (χ2v) is 6.32. The maximum Gasteiger partial charge on any atom is 0.343 e. The molecule has 0 bridgehead atoms. The summed E-state index contributed by atoms with van der Waals surface area (Å²) in [6.45, 7) is 2.75. The van der Waals surface area contributed by atoms with Crippen LogP contribution in [0.1, 0.15) is 28.8 Å². The summed E-state index contributed by atoms with van der Waals surface area (Å²) in [5.74, 6) is 0.979. The smallest absolute Gasteiger partial charge is 0.343 e. The van der Waals surface area contributed by atoms with E-state index in [4.69, 9.17) is 27.9 Å². The van der Waals surface area contributed by atoms with Gasteiger partial charge in [0.1, 0.15) is 11.6 Å². The van der Waals surface area contributed by atoms with Gasteiger partial charge < -0.3 is 10.1 Å². The van der Waals surface area contributed by atoms with E-state index in [0.717, 1.165) is 36.5 Å². The fourth-order valence-corrected chi connectivity index (χ4v) is 2.74. The maximum atomic E-state index is 12.3. The number of nitrogens with zero attached hydrogens (tertiary/aromatic N) is 1. The summed E-state index contributed by atoms with van der Waals surface area (Å²) in [4.78, 5) is 16.7. The first-order chi connectivity index (χ1) is 11.5. The molecule has 2 aromatic rings. The molecule has 0 unspecified atom stereocenters. The Labute approximate surface area is 150 Å². The summed E-state index contributed by atoms with van der Waals surface area (Å²) in [5.41, 5.74) is 2.08. The lowest BCUT2D eigenvalue weighted by Crippen LogP contribution is -2.12. The quantitative estimate of drug-likeness (QED) is 0.608. The molecule has 1 aliphatic heterocycles. The lowest BCUT2D eigenvalue weighted by molar-refractivity contribution is 0.0733. The number of rotatable bonds is 3. The molecule has 0 fully saturated rings. The van der Waals surface area contributed by atoms with Gasteiger partial charge in [0, 0.05) is 24.2 Å². The third-order valence-corrected chi connectivity index (χ3v) is 4.53. The van der Waals surface area contributed by atoms with Crippen molar-refractivity contribution in [2.24, 2.45) is 4.99 Å². The molecule has 0 aliphatic carbocycles. The average Bonchev–Trinajstić information content (AvgIpc) is 3.07. The Kier molecular flexibility index (Phi) is 5.07. The van der Waals surface area contributed by atoms with Crippen LogP contribution in [0.3, 0.4) is 0 Å². The molecule has 3 rings (SSSR count). The molecule has 0 atom stereocenters. The maximum absolute atomic E-state index is 12.3. The third kappa shape index (κ3) is 3.71. The number of hydrogen-bond acceptors (Lipinski definition) is 4. The standard InChI is InChI=1S/C18H16Cl2N2O2/c1-11-15(22-17-6-3-9-21-17)4-2-5-16(11)24-18(23)12-7-8-13(19)14(20)10-12/h2,4-5,7-8,10H,3,6,9H2,1H3,(H,21,22). The molecule has 4 nitrogen and oxygen atoms in total. The number of esters is 1. The molecule has 1 N–H and O–H groups in total. The van der Waals surface area contributed by atoms with Crippen LogP contribution in [0.4, 0.5) is 5.69 Å². The summed E-state index contributed by atoms with van der Waals surface area (Å²) < 4.78 is 5.51. The Morgan fingerprint density at radius 2 is 2.04 bits per heavy atom. The van der Waals surface area contributed by atoms with Crippen LogP contribution >= 0.6 is 23.2 Å². The molecule has 1 aliphatic rings. The van der Waals surface area contributed by atoms with Gasteiger partial charge in [0.2, 0.25) is 0 Å². The van der Waals surface area contributed by atoms with Crippen LogP contribution in [0.5, 0.6) is 5.75 Å². The van der Waals surface area contributed by atoms with Gasteiger partial charge in [-0.15, -0.1) is 0 Å². The minimum atomic E-state index is -0.480. The average molecular weight is 363 g/mol. The zero-order valence-electron chi connectivity index (χ0n) is 13.1. The molecule has 0 amide bonds. The van der Waals surface area contributed by atoms with Gasteiger partial charge in [-0.2, -0.15) is 0 Å². The largest absolute Gasteiger partial charge is 0.423 e. The first kappa shape index (κ1) is 16.8. The number of ether oxygens (including phenoxy) is 1. The van der Waals surface area contributed by atoms with Gasteiger partial charge in [-0.25, -0.2) is 4.79 Å². The van der Waals surface area contributed by atoms with Crippen molar-refractivity contribution in [2.75, 3.05) is 11.9 Å². The van der Waals surface area contributed by atoms with Crippen molar-refractivity contribution in [1.82, 2.24) is 0 Å². The number of nitrogens with one attached hydrogen (secondary N) is 1. The van der Waals surface area contributed by atoms with Gasteiger partial charge in [0.15, 0.2) is 0 Å². The minimum Gasteiger partial charge on any atom is -0.423 e. The zero-order valence-corrected chi connectivity index (χ0v) is 14.6. The Bertz CT molecular complexity index is 819. The number of amidine groups is 1. The van der Waals surface area contributed by atoms with Crippen LogP contribution in [0.2, 0.25) is 10.0 Å². The van der Waals surface area contributed by atoms with Crippen LogP contribution in [-0.4, -0.2) is 18.3 Å². The van der Waals surface area contributed by atoms with Gasteiger partial charge in [0.25, 0.3) is 0 Å². The highest BCUT2D eigenvalue weighted by molar-refractivity contribution is 6.42. The van der Waals surface area contributed by atoms with Crippen molar-refractivity contribution in [3.63, 3.8) is 0 Å². The zero-order chi connectivity index (χ0) is 17.1. The second kappa shape index (κ2) is 7.24. The van der Waals surface area contributed by atoms with Gasteiger partial charge in [0.05, 0.1) is 15.6 Å². The minimum absolute atomic E-state index is 0.317. The molecule has 0 spiro atoms. The highest BCUT2D eigenvalue weighted by Gasteiger charge is 2.15. The summed E-state index contributed by atoms with van der Waals surface area (Å²) in [6, 6.07) is 10.2. The van der Waals surface area contributed by atoms with Gasteiger partial charge in [-0.3, -0.25) is 4.99 Å². The Morgan fingerprint density at radius 1 is 1.21 bits per heavy atom. The van der Waals surface area contributed by atoms with E-state index in [1.165, 1.54) is 6.07 Å². The molecule has 0 radical (unpaired) electrons. The van der Waals surface area contributed by atoms with Crippen LogP contribution in [0.15, 0.2) is 41.4 Å². The van der Waals surface area contributed by atoms with E-state index in [1.54, 1.807) is 18.2 Å². The predicted octanol–water partition coefficient (Wildman–Crippen LogP) is 5.13. The van der Waals surface area contributed by atoms with Crippen LogP contribution in [-0.2, 0) is 0 Å². The summed E-state index contributed by atoms with van der Waals surface area (Å²) in [5, 5.41) is 4.01. The van der Waals surface area contributed by atoms with Crippen molar-refractivity contribution >= 4 is 40.7 Å². The van der Waals surface area contributed by atoms with E-state index >= 15 is 0 Å². The number of benzene rings is 2. The number of carbonyl (C=O) groups excluding carboxylic acids is 1. The Balaban J connectivity index is 1.79. The van der Waals surface area contributed by atoms with E-state index in [2.05, 4.69) is 10.3 Å². The van der Waals surface area contributed by atoms with E-state index in [1.807, 2.05) is 19.1 Å². The molecule has 0 saturated heterocycles. The lowest BCUT2D eigenvalue weighted by atomic mass is 10.1. The summed E-state index contributed by atoms with van der Waals surface area (Å²) >= 11 is 11.8. The fourth-order valence-electron chi connectivity index (χ4n) is 2.44. The molecule has 24 heavy (non-hydrogen) atoms. The SMILES string of the molecule is Cc1c(NC2=NCCC2)cccc1OC(=O)c1ccc(Cl)c(Cl)c1. The van der Waals surface area contributed by atoms with E-state index < -0.39 is 5.97 Å². The summed E-state index contributed by atoms with van der Waals surface area (Å²) in [6.07, 6.45) is 2.00. The molecule has 0 saturated carbocycles. The first-order valence-electron chi connectivity index (χ1n) is 7.62. The van der Waals surface area contributed by atoms with Crippen LogP contribution < -0.4 is 10.1 Å². The molecule has 0 aromatic heterocycles. The van der Waals surface area contributed by atoms with Crippen molar-refractivity contribution < 1.29 is 9.53 Å². The normalized spacial score (nSPS) is 13.5. The highest BCUT2D eigenvalue weighted by Crippen LogP contribution is 2.28. The van der Waals surface area contributed by atoms with Crippen molar-refractivity contribution in [1.29, 1.82) is 0 Å². The van der Waals surface area contributed by atoms with E-state index in [9.17, 15) is 4.79 Å². The third-order valence-electron chi connectivity index (χ3n) is 3.80. The number of anilines is 1. The Morgan fingerprint density at radius 3 is 2.75 bits per heavy atom. The number of carbonyl (C=O) groups is 1. The number of halogens is 2. The molecular weight excluding hydrogens is 347 g/mol. The van der Waals surface area contributed by atoms with Gasteiger partial charge >= 0.3 is 5.97 Å². The second-order valence-electron chi connectivity index (χ2n) is 5.50. The van der Waals surface area contributed by atoms with E-state index in [0.29, 0.717) is 21.4 Å². The number of hydrogen-bond donors (Lipinski definition) is 1. The molecule has 1 heterocycles. The fraction of sp³-hybridized carbons (Fsp3) is 0.222. The highest BCUT2D eigenvalue weighted by atomic mass is 35.5. The van der Waals surface area contributed by atoms with Gasteiger partial charge in [-0.05, 0) is 43.7 Å². The van der Waals surface area contributed by atoms with Crippen molar-refractivity contribution in [3.8, 4) is 5.75 Å². The molecular formula is C18H16Cl2N2O2. The van der Waals surface area contributed by atoms with Gasteiger partial charge in [-0.1, -0.05) is 29.3 Å². The molecule has 6 heteroatoms. The van der Waals surface area contributed by atoms with Crippen molar-refractivity contribution in [2.45, 2.75) is 19.8 Å². The van der Waals surface area contributed by atoms with Crippen LogP contribution in [0.25, 0.3) is 0 Å². The lowest BCUT2D eigenvalue weighted by Gasteiger charge is -2.13. The summed E-state index contributed by atoms with van der Waals surface area (Å²) in [7, 11) is 0. The number of aliphatic imine (C=N–C) groups is 1. The predicted molar refractivity (Wildman–Crippen MR) is 97.8 cm³/mol. The molecule has 124 valence electrons. The topological polar surface area (TPSA) is 50.7 Å². The Hall–Kier alpha value is -2.04. The first-order valence-corrected chi connectivity index (χ1v) is 8.37. The van der Waals surface area contributed by atoms with Crippen molar-refractivity contribution in [3.05, 3.63) is 57.6 Å².